The average Bonchev–Trinajstić information content (AvgIpc) is 2.97. The van der Waals surface area contributed by atoms with Crippen LogP contribution in [0.3, 0.4) is 0 Å². The second-order valence-corrected chi connectivity index (χ2v) is 10.2. The third kappa shape index (κ3) is 9.08. The minimum Gasteiger partial charge on any atom is -0.378 e. The monoisotopic (exact) mass is 536 g/mol. The van der Waals surface area contributed by atoms with Crippen LogP contribution in [0, 0.1) is 0 Å². The van der Waals surface area contributed by atoms with Crippen molar-refractivity contribution in [3.8, 4) is 0 Å². The van der Waals surface area contributed by atoms with Gasteiger partial charge in [0.2, 0.25) is 0 Å². The van der Waals surface area contributed by atoms with Gasteiger partial charge in [-0.05, 0) is 73.5 Å². The topological polar surface area (TPSA) is 63.7 Å². The van der Waals surface area contributed by atoms with Crippen LogP contribution in [-0.2, 0) is 13.1 Å². The number of aryl methyl sites for hydroxylation is 2. The third-order valence-electron chi connectivity index (χ3n) is 6.56. The molecule has 2 heterocycles. The lowest BCUT2D eigenvalue weighted by Crippen LogP contribution is -2.33. The van der Waals surface area contributed by atoms with Crippen molar-refractivity contribution < 1.29 is 9.13 Å². The Labute approximate surface area is 238 Å². The van der Waals surface area contributed by atoms with Gasteiger partial charge in [-0.25, -0.2) is 9.13 Å². The Balaban J connectivity index is 1.18. The SMILES string of the molecule is CN(C)c1ccc(N=Nc2ccc[n+](CCCCCC[n+]3cccc(N=Nc4ccc(N(C)C)cc4)c3)c2)cc1. The second-order valence-electron chi connectivity index (χ2n) is 10.2. The maximum absolute atomic E-state index is 4.42. The molecule has 0 amide bonds. The molecule has 0 aliphatic carbocycles. The van der Waals surface area contributed by atoms with Gasteiger partial charge in [-0.1, -0.05) is 0 Å². The van der Waals surface area contributed by atoms with Crippen LogP contribution in [0.5, 0.6) is 0 Å². The summed E-state index contributed by atoms with van der Waals surface area (Å²) in [6, 6.07) is 24.2. The molecule has 0 aliphatic heterocycles. The summed E-state index contributed by atoms with van der Waals surface area (Å²) in [6.45, 7) is 1.94. The van der Waals surface area contributed by atoms with Crippen LogP contribution in [0.25, 0.3) is 0 Å². The fourth-order valence-corrected chi connectivity index (χ4v) is 4.22. The summed E-state index contributed by atoms with van der Waals surface area (Å²) >= 11 is 0. The second kappa shape index (κ2) is 14.6. The number of azo groups is 2. The lowest BCUT2D eigenvalue weighted by molar-refractivity contribution is -0.698. The molecule has 8 nitrogen and oxygen atoms in total. The Morgan fingerprint density at radius 1 is 0.475 bits per heavy atom. The number of hydrogen-bond acceptors (Lipinski definition) is 6. The lowest BCUT2D eigenvalue weighted by atomic mass is 10.2. The highest BCUT2D eigenvalue weighted by atomic mass is 15.1. The molecule has 2 aromatic heterocycles. The largest absolute Gasteiger partial charge is 0.378 e. The van der Waals surface area contributed by atoms with Gasteiger partial charge in [-0.15, -0.1) is 10.2 Å². The Kier molecular flexibility index (Phi) is 10.4. The van der Waals surface area contributed by atoms with Crippen LogP contribution in [0.4, 0.5) is 34.1 Å². The van der Waals surface area contributed by atoms with Gasteiger partial charge in [0.25, 0.3) is 0 Å². The highest BCUT2D eigenvalue weighted by molar-refractivity contribution is 5.52. The molecule has 8 heteroatoms. The fraction of sp³-hybridized carbons (Fsp3) is 0.312. The Hall–Kier alpha value is -4.46. The first-order valence-electron chi connectivity index (χ1n) is 13.8. The van der Waals surface area contributed by atoms with Crippen LogP contribution in [0.1, 0.15) is 25.7 Å². The predicted molar refractivity (Wildman–Crippen MR) is 162 cm³/mol. The van der Waals surface area contributed by atoms with Gasteiger partial charge in [-0.3, -0.25) is 0 Å². The maximum Gasteiger partial charge on any atom is 0.196 e. The van der Waals surface area contributed by atoms with Crippen molar-refractivity contribution in [3.63, 3.8) is 0 Å². The molecule has 0 bridgehead atoms. The molecule has 0 radical (unpaired) electrons. The summed E-state index contributed by atoms with van der Waals surface area (Å²) in [7, 11) is 8.11. The van der Waals surface area contributed by atoms with E-state index < -0.39 is 0 Å². The van der Waals surface area contributed by atoms with Crippen molar-refractivity contribution in [1.82, 2.24) is 0 Å². The van der Waals surface area contributed by atoms with Crippen molar-refractivity contribution in [2.75, 3.05) is 38.0 Å². The normalized spacial score (nSPS) is 11.4. The number of hydrogen-bond donors (Lipinski definition) is 0. The zero-order chi connectivity index (χ0) is 28.2. The zero-order valence-corrected chi connectivity index (χ0v) is 24.1. The molecule has 40 heavy (non-hydrogen) atoms. The Morgan fingerprint density at radius 2 is 0.850 bits per heavy atom. The van der Waals surface area contributed by atoms with Gasteiger partial charge in [0.05, 0.1) is 11.4 Å². The Morgan fingerprint density at radius 3 is 1.23 bits per heavy atom. The number of aromatic nitrogens is 2. The first kappa shape index (κ1) is 28.5. The van der Waals surface area contributed by atoms with Gasteiger partial charge in [-0.2, -0.15) is 10.2 Å². The molecule has 0 N–H and O–H groups in total. The Bertz CT molecular complexity index is 1280. The molecule has 0 saturated heterocycles. The number of unbranched alkanes of at least 4 members (excludes halogenated alkanes) is 3. The van der Waals surface area contributed by atoms with Crippen molar-refractivity contribution in [2.45, 2.75) is 38.8 Å². The number of pyridine rings is 2. The van der Waals surface area contributed by atoms with E-state index in [0.717, 1.165) is 60.1 Å². The van der Waals surface area contributed by atoms with Crippen LogP contribution in [0.2, 0.25) is 0 Å². The van der Waals surface area contributed by atoms with Crippen molar-refractivity contribution >= 4 is 34.1 Å². The average molecular weight is 537 g/mol. The number of rotatable bonds is 13. The van der Waals surface area contributed by atoms with Gasteiger partial charge in [0.1, 0.15) is 24.5 Å². The molecule has 4 rings (SSSR count). The standard InChI is InChI=1S/C32H40N8/c1-37(2)31-17-13-27(14-18-31)33-35-29-11-9-23-39(25-29)21-7-5-6-8-22-40-24-10-12-30(26-40)36-34-28-15-19-32(20-16-28)38(3)4/h9-20,23-26H,5-8,21-22H2,1-4H3/q+2. The summed E-state index contributed by atoms with van der Waals surface area (Å²) in [6.07, 6.45) is 12.9. The fourth-order valence-electron chi connectivity index (χ4n) is 4.22. The van der Waals surface area contributed by atoms with Crippen LogP contribution in [-0.4, -0.2) is 28.2 Å². The molecular formula is C32H40N8+2. The van der Waals surface area contributed by atoms with E-state index in [2.05, 4.69) is 64.2 Å². The molecule has 0 unspecified atom stereocenters. The van der Waals surface area contributed by atoms with E-state index in [9.17, 15) is 0 Å². The number of benzene rings is 2. The van der Waals surface area contributed by atoms with E-state index in [-0.39, 0.29) is 0 Å². The molecule has 0 spiro atoms. The van der Waals surface area contributed by atoms with Gasteiger partial charge >= 0.3 is 0 Å². The highest BCUT2D eigenvalue weighted by Crippen LogP contribution is 2.22. The molecular weight excluding hydrogens is 496 g/mol. The van der Waals surface area contributed by atoms with E-state index in [0.29, 0.717) is 0 Å². The van der Waals surface area contributed by atoms with E-state index in [4.69, 9.17) is 0 Å². The smallest absolute Gasteiger partial charge is 0.196 e. The van der Waals surface area contributed by atoms with E-state index in [1.165, 1.54) is 12.8 Å². The summed E-state index contributed by atoms with van der Waals surface area (Å²) in [5.41, 5.74) is 5.71. The minimum absolute atomic E-state index is 0.849. The van der Waals surface area contributed by atoms with Crippen LogP contribution in [0.15, 0.2) is 118 Å². The molecule has 0 aliphatic rings. The van der Waals surface area contributed by atoms with Crippen LogP contribution >= 0.6 is 0 Å². The molecule has 0 atom stereocenters. The van der Waals surface area contributed by atoms with Crippen LogP contribution < -0.4 is 18.9 Å². The molecule has 206 valence electrons. The van der Waals surface area contributed by atoms with Crippen molar-refractivity contribution in [3.05, 3.63) is 97.6 Å². The van der Waals surface area contributed by atoms with Gasteiger partial charge < -0.3 is 9.80 Å². The minimum atomic E-state index is 0.849. The molecule has 0 saturated carbocycles. The summed E-state index contributed by atoms with van der Waals surface area (Å²) in [4.78, 5) is 4.14. The number of nitrogens with zero attached hydrogens (tertiary/aromatic N) is 8. The first-order chi connectivity index (χ1) is 19.5. The van der Waals surface area contributed by atoms with E-state index in [1.807, 2.05) is 101 Å². The summed E-state index contributed by atoms with van der Waals surface area (Å²) in [5.74, 6) is 0. The van der Waals surface area contributed by atoms with Crippen molar-refractivity contribution in [2.24, 2.45) is 20.5 Å². The highest BCUT2D eigenvalue weighted by Gasteiger charge is 2.05. The zero-order valence-electron chi connectivity index (χ0n) is 24.1. The lowest BCUT2D eigenvalue weighted by Gasteiger charge is -2.11. The third-order valence-corrected chi connectivity index (χ3v) is 6.56. The predicted octanol–water partition coefficient (Wildman–Crippen LogP) is 7.49. The quantitative estimate of drug-likeness (QED) is 0.101. The summed E-state index contributed by atoms with van der Waals surface area (Å²) < 4.78 is 4.39. The van der Waals surface area contributed by atoms with E-state index in [1.54, 1.807) is 0 Å². The first-order valence-corrected chi connectivity index (χ1v) is 13.8. The summed E-state index contributed by atoms with van der Waals surface area (Å²) in [5, 5.41) is 17.6. The molecule has 2 aromatic carbocycles. The molecule has 4 aromatic rings. The van der Waals surface area contributed by atoms with Crippen molar-refractivity contribution in [1.29, 1.82) is 0 Å². The number of anilines is 2. The molecule has 0 fully saturated rings. The maximum atomic E-state index is 4.42. The van der Waals surface area contributed by atoms with Gasteiger partial charge in [0.15, 0.2) is 24.8 Å². The van der Waals surface area contributed by atoms with E-state index >= 15 is 0 Å². The van der Waals surface area contributed by atoms with Gasteiger partial charge in [0, 0.05) is 64.5 Å².